The van der Waals surface area contributed by atoms with Gasteiger partial charge in [0.1, 0.15) is 12.2 Å². The van der Waals surface area contributed by atoms with Crippen molar-refractivity contribution in [1.29, 1.82) is 0 Å². The first-order valence-corrected chi connectivity index (χ1v) is 6.53. The van der Waals surface area contributed by atoms with Crippen LogP contribution in [0.4, 0.5) is 5.69 Å². The summed E-state index contributed by atoms with van der Waals surface area (Å²) in [5.74, 6) is -1.37. The SMILES string of the molecule is CC(=O)CC(=O)O.Cc1ccc(N)cc1S(=O)(=O)O. The highest BCUT2D eigenvalue weighted by Crippen LogP contribution is 2.17. The first-order chi connectivity index (χ1) is 8.54. The van der Waals surface area contributed by atoms with Crippen LogP contribution in [-0.2, 0) is 19.7 Å². The van der Waals surface area contributed by atoms with E-state index in [0.29, 0.717) is 11.3 Å². The van der Waals surface area contributed by atoms with Crippen LogP contribution in [0.25, 0.3) is 0 Å². The van der Waals surface area contributed by atoms with E-state index in [2.05, 4.69) is 0 Å². The zero-order valence-corrected chi connectivity index (χ0v) is 11.3. The van der Waals surface area contributed by atoms with Crippen LogP contribution >= 0.6 is 0 Å². The average molecular weight is 289 g/mol. The molecule has 0 fully saturated rings. The number of benzene rings is 1. The minimum atomic E-state index is -4.14. The summed E-state index contributed by atoms with van der Waals surface area (Å²) in [6.45, 7) is 2.83. The van der Waals surface area contributed by atoms with Crippen molar-refractivity contribution in [1.82, 2.24) is 0 Å². The lowest BCUT2D eigenvalue weighted by Crippen LogP contribution is -2.01. The molecule has 8 heteroatoms. The Morgan fingerprint density at radius 1 is 1.32 bits per heavy atom. The van der Waals surface area contributed by atoms with Crippen LogP contribution in [0.5, 0.6) is 0 Å². The van der Waals surface area contributed by atoms with Gasteiger partial charge in [-0.1, -0.05) is 6.07 Å². The lowest BCUT2D eigenvalue weighted by molar-refractivity contribution is -0.139. The summed E-state index contributed by atoms with van der Waals surface area (Å²) >= 11 is 0. The molecule has 0 aromatic heterocycles. The van der Waals surface area contributed by atoms with E-state index < -0.39 is 16.1 Å². The van der Waals surface area contributed by atoms with Gasteiger partial charge in [-0.2, -0.15) is 8.42 Å². The monoisotopic (exact) mass is 289 g/mol. The van der Waals surface area contributed by atoms with Crippen molar-refractivity contribution in [3.05, 3.63) is 23.8 Å². The van der Waals surface area contributed by atoms with Gasteiger partial charge in [0.25, 0.3) is 10.1 Å². The second-order valence-electron chi connectivity index (χ2n) is 3.77. The molecule has 1 rings (SSSR count). The average Bonchev–Trinajstić information content (AvgIpc) is 2.19. The Labute approximate surface area is 110 Å². The van der Waals surface area contributed by atoms with E-state index in [0.717, 1.165) is 0 Å². The van der Waals surface area contributed by atoms with E-state index in [4.69, 9.17) is 15.4 Å². The number of anilines is 1. The van der Waals surface area contributed by atoms with E-state index in [1.165, 1.54) is 13.0 Å². The molecule has 0 aliphatic heterocycles. The first-order valence-electron chi connectivity index (χ1n) is 5.09. The smallest absolute Gasteiger partial charge is 0.310 e. The number of carbonyl (C=O) groups excluding carboxylic acids is 1. The molecule has 0 spiro atoms. The van der Waals surface area contributed by atoms with Crippen LogP contribution in [-0.4, -0.2) is 29.8 Å². The number of carbonyl (C=O) groups is 2. The van der Waals surface area contributed by atoms with Gasteiger partial charge in [0.2, 0.25) is 0 Å². The summed E-state index contributed by atoms with van der Waals surface area (Å²) in [4.78, 5) is 19.3. The highest BCUT2D eigenvalue weighted by molar-refractivity contribution is 7.85. The van der Waals surface area contributed by atoms with Crippen molar-refractivity contribution in [3.63, 3.8) is 0 Å². The second kappa shape index (κ2) is 6.86. The highest BCUT2D eigenvalue weighted by atomic mass is 32.2. The maximum atomic E-state index is 10.7. The fourth-order valence-corrected chi connectivity index (χ4v) is 1.87. The first kappa shape index (κ1) is 17.1. The van der Waals surface area contributed by atoms with Crippen molar-refractivity contribution in [3.8, 4) is 0 Å². The number of rotatable bonds is 3. The van der Waals surface area contributed by atoms with Gasteiger partial charge >= 0.3 is 5.97 Å². The zero-order chi connectivity index (χ0) is 15.2. The van der Waals surface area contributed by atoms with E-state index >= 15 is 0 Å². The van der Waals surface area contributed by atoms with Crippen molar-refractivity contribution >= 4 is 27.6 Å². The molecule has 0 unspecified atom stereocenters. The Morgan fingerprint density at radius 3 is 2.11 bits per heavy atom. The minimum Gasteiger partial charge on any atom is -0.481 e. The minimum absolute atomic E-state index is 0.137. The second-order valence-corrected chi connectivity index (χ2v) is 5.16. The molecule has 4 N–H and O–H groups in total. The van der Waals surface area contributed by atoms with Gasteiger partial charge < -0.3 is 10.8 Å². The molecule has 19 heavy (non-hydrogen) atoms. The molecule has 0 amide bonds. The highest BCUT2D eigenvalue weighted by Gasteiger charge is 2.12. The van der Waals surface area contributed by atoms with Crippen molar-refractivity contribution in [2.75, 3.05) is 5.73 Å². The maximum absolute atomic E-state index is 10.7. The van der Waals surface area contributed by atoms with Gasteiger partial charge in [-0.15, -0.1) is 0 Å². The summed E-state index contributed by atoms with van der Waals surface area (Å²) < 4.78 is 30.1. The van der Waals surface area contributed by atoms with E-state index in [9.17, 15) is 18.0 Å². The van der Waals surface area contributed by atoms with Crippen molar-refractivity contribution in [2.24, 2.45) is 0 Å². The van der Waals surface area contributed by atoms with Gasteiger partial charge in [-0.05, 0) is 31.5 Å². The lowest BCUT2D eigenvalue weighted by Gasteiger charge is -2.02. The number of hydrogen-bond donors (Lipinski definition) is 3. The molecule has 0 bridgehead atoms. The van der Waals surface area contributed by atoms with Gasteiger partial charge in [-0.3, -0.25) is 14.1 Å². The topological polar surface area (TPSA) is 135 Å². The molecule has 0 aliphatic carbocycles. The standard InChI is InChI=1S/C7H9NO3S.C4H6O3/c1-5-2-3-6(8)4-7(5)12(9,10)11;1-3(5)2-4(6)7/h2-4H,8H2,1H3,(H,9,10,11);2H2,1H3,(H,6,7). The molecule has 0 radical (unpaired) electrons. The molecular formula is C11H15NO6S. The summed E-state index contributed by atoms with van der Waals surface area (Å²) in [7, 11) is -4.14. The fourth-order valence-electron chi connectivity index (χ4n) is 1.11. The summed E-state index contributed by atoms with van der Waals surface area (Å²) in [6.07, 6.45) is -0.361. The Morgan fingerprint density at radius 2 is 1.84 bits per heavy atom. The molecular weight excluding hydrogens is 274 g/mol. The number of Topliss-reactive ketones (excluding diaryl/α,β-unsaturated/α-hetero) is 1. The molecule has 1 aromatic carbocycles. The number of nitrogens with two attached hydrogens (primary N) is 1. The fraction of sp³-hybridized carbons (Fsp3) is 0.273. The predicted octanol–water partition coefficient (Wildman–Crippen LogP) is 0.874. The van der Waals surface area contributed by atoms with E-state index in [-0.39, 0.29) is 17.1 Å². The van der Waals surface area contributed by atoms with Gasteiger partial charge in [0.15, 0.2) is 0 Å². The molecule has 0 saturated carbocycles. The summed E-state index contributed by atoms with van der Waals surface area (Å²) in [6, 6.07) is 4.34. The number of aryl methyl sites for hydroxylation is 1. The van der Waals surface area contributed by atoms with Crippen LogP contribution in [0.15, 0.2) is 23.1 Å². The molecule has 0 heterocycles. The third-order valence-corrected chi connectivity index (χ3v) is 2.89. The van der Waals surface area contributed by atoms with Crippen molar-refractivity contribution in [2.45, 2.75) is 25.2 Å². The summed E-state index contributed by atoms with van der Waals surface area (Å²) in [5.41, 5.74) is 6.14. The number of ketones is 1. The van der Waals surface area contributed by atoms with Crippen LogP contribution in [0.2, 0.25) is 0 Å². The zero-order valence-electron chi connectivity index (χ0n) is 10.5. The quantitative estimate of drug-likeness (QED) is 0.427. The van der Waals surface area contributed by atoms with Crippen LogP contribution in [0.1, 0.15) is 18.9 Å². The Bertz CT molecular complexity index is 567. The number of nitrogen functional groups attached to an aromatic ring is 1. The number of carboxylic acid groups (broad SMARTS) is 1. The van der Waals surface area contributed by atoms with Crippen LogP contribution < -0.4 is 5.73 Å². The molecule has 0 atom stereocenters. The van der Waals surface area contributed by atoms with Gasteiger partial charge in [0, 0.05) is 5.69 Å². The summed E-state index contributed by atoms with van der Waals surface area (Å²) in [5, 5.41) is 7.86. The predicted molar refractivity (Wildman–Crippen MR) is 68.3 cm³/mol. The van der Waals surface area contributed by atoms with Crippen molar-refractivity contribution < 1.29 is 27.7 Å². The Hall–Kier alpha value is -1.93. The normalized spacial score (nSPS) is 10.3. The molecule has 1 aromatic rings. The molecule has 0 aliphatic rings. The molecule has 0 saturated heterocycles. The lowest BCUT2D eigenvalue weighted by atomic mass is 10.2. The van der Waals surface area contributed by atoms with Crippen LogP contribution in [0.3, 0.4) is 0 Å². The Balaban J connectivity index is 0.000000399. The van der Waals surface area contributed by atoms with Crippen LogP contribution in [0, 0.1) is 6.92 Å². The number of carboxylic acids is 1. The maximum Gasteiger partial charge on any atom is 0.310 e. The number of aliphatic carboxylic acids is 1. The largest absolute Gasteiger partial charge is 0.481 e. The van der Waals surface area contributed by atoms with E-state index in [1.54, 1.807) is 19.1 Å². The third-order valence-electron chi connectivity index (χ3n) is 1.89. The molecule has 7 nitrogen and oxygen atoms in total. The van der Waals surface area contributed by atoms with E-state index in [1.807, 2.05) is 0 Å². The number of hydrogen-bond acceptors (Lipinski definition) is 5. The Kier molecular flexibility index (Phi) is 6.16. The van der Waals surface area contributed by atoms with Gasteiger partial charge in [0.05, 0.1) is 4.90 Å². The van der Waals surface area contributed by atoms with Gasteiger partial charge in [-0.25, -0.2) is 0 Å². The molecule has 106 valence electrons. The third kappa shape index (κ3) is 7.17.